The summed E-state index contributed by atoms with van der Waals surface area (Å²) in [5.41, 5.74) is 2.09. The molecular formula is C24H31N7. The number of rotatable bonds is 7. The first kappa shape index (κ1) is 19.9. The van der Waals surface area contributed by atoms with Gasteiger partial charge in [-0.15, -0.1) is 0 Å². The summed E-state index contributed by atoms with van der Waals surface area (Å²) in [6.45, 7) is 12.5. The third-order valence-electron chi connectivity index (χ3n) is 6.48. The van der Waals surface area contributed by atoms with Gasteiger partial charge in [-0.1, -0.05) is 19.9 Å². The number of nitrogens with zero attached hydrogens (tertiary/aromatic N) is 7. The summed E-state index contributed by atoms with van der Waals surface area (Å²) in [7, 11) is 0. The molecule has 5 heterocycles. The monoisotopic (exact) mass is 417 g/mol. The summed E-state index contributed by atoms with van der Waals surface area (Å²) in [6.07, 6.45) is 6.08. The fraction of sp³-hybridized carbons (Fsp3) is 0.417. The first-order valence-corrected chi connectivity index (χ1v) is 11.4. The fourth-order valence-corrected chi connectivity index (χ4v) is 4.55. The maximum absolute atomic E-state index is 5.06. The number of pyridine rings is 2. The van der Waals surface area contributed by atoms with Gasteiger partial charge in [0.2, 0.25) is 0 Å². The van der Waals surface area contributed by atoms with E-state index in [1.165, 1.54) is 11.2 Å². The second kappa shape index (κ2) is 8.59. The Kier molecular flexibility index (Phi) is 5.51. The summed E-state index contributed by atoms with van der Waals surface area (Å²) in [5.74, 6) is 2.29. The van der Waals surface area contributed by atoms with Crippen molar-refractivity contribution in [2.45, 2.75) is 20.4 Å². The topological polar surface area (TPSA) is 44.8 Å². The van der Waals surface area contributed by atoms with E-state index in [0.717, 1.165) is 69.5 Å². The van der Waals surface area contributed by atoms with E-state index in [1.807, 2.05) is 18.5 Å². The van der Waals surface area contributed by atoms with Crippen LogP contribution in [0.4, 0.5) is 11.6 Å². The van der Waals surface area contributed by atoms with Crippen molar-refractivity contribution in [2.24, 2.45) is 0 Å². The zero-order chi connectivity index (χ0) is 21.2. The van der Waals surface area contributed by atoms with E-state index >= 15 is 0 Å². The van der Waals surface area contributed by atoms with Gasteiger partial charge in [-0.3, -0.25) is 4.40 Å². The van der Waals surface area contributed by atoms with Gasteiger partial charge < -0.3 is 19.3 Å². The summed E-state index contributed by atoms with van der Waals surface area (Å²) in [4.78, 5) is 16.8. The van der Waals surface area contributed by atoms with Crippen LogP contribution in [0, 0.1) is 0 Å². The molecule has 0 aromatic carbocycles. The zero-order valence-corrected chi connectivity index (χ0v) is 18.5. The third-order valence-corrected chi connectivity index (χ3v) is 6.48. The molecule has 31 heavy (non-hydrogen) atoms. The van der Waals surface area contributed by atoms with E-state index in [4.69, 9.17) is 4.98 Å². The van der Waals surface area contributed by atoms with Crippen molar-refractivity contribution < 1.29 is 0 Å². The van der Waals surface area contributed by atoms with Gasteiger partial charge in [0.15, 0.2) is 0 Å². The summed E-state index contributed by atoms with van der Waals surface area (Å²) in [6, 6.07) is 12.9. The predicted octanol–water partition coefficient (Wildman–Crippen LogP) is 3.35. The second-order valence-corrected chi connectivity index (χ2v) is 8.13. The average molecular weight is 418 g/mol. The van der Waals surface area contributed by atoms with Crippen LogP contribution in [-0.2, 0) is 6.54 Å². The smallest absolute Gasteiger partial charge is 0.142 e. The fourth-order valence-electron chi connectivity index (χ4n) is 4.55. The van der Waals surface area contributed by atoms with Crippen molar-refractivity contribution in [2.75, 3.05) is 55.6 Å². The Hall–Kier alpha value is -3.06. The van der Waals surface area contributed by atoms with Crippen LogP contribution in [0.3, 0.4) is 0 Å². The highest BCUT2D eigenvalue weighted by atomic mass is 15.3. The van der Waals surface area contributed by atoms with E-state index in [9.17, 15) is 0 Å². The van der Waals surface area contributed by atoms with E-state index in [0.29, 0.717) is 0 Å². The van der Waals surface area contributed by atoms with E-state index in [2.05, 4.69) is 79.0 Å². The molecular weight excluding hydrogens is 386 g/mol. The molecule has 5 rings (SSSR count). The van der Waals surface area contributed by atoms with Gasteiger partial charge in [-0.05, 0) is 43.4 Å². The van der Waals surface area contributed by atoms with Crippen LogP contribution >= 0.6 is 0 Å². The van der Waals surface area contributed by atoms with Crippen LogP contribution in [0.15, 0.2) is 55.0 Å². The Morgan fingerprint density at radius 2 is 1.71 bits per heavy atom. The van der Waals surface area contributed by atoms with Gasteiger partial charge in [-0.2, -0.15) is 0 Å². The molecule has 0 spiro atoms. The Bertz CT molecular complexity index is 1150. The largest absolute Gasteiger partial charge is 0.354 e. The second-order valence-electron chi connectivity index (χ2n) is 8.13. The van der Waals surface area contributed by atoms with Gasteiger partial charge >= 0.3 is 0 Å². The van der Waals surface area contributed by atoms with Crippen molar-refractivity contribution in [3.8, 4) is 0 Å². The number of aromatic nitrogens is 4. The molecule has 1 aliphatic heterocycles. The normalized spacial score (nSPS) is 14.9. The molecule has 1 saturated heterocycles. The first-order valence-electron chi connectivity index (χ1n) is 11.4. The molecule has 4 aromatic heterocycles. The van der Waals surface area contributed by atoms with E-state index in [1.54, 1.807) is 0 Å². The van der Waals surface area contributed by atoms with Crippen LogP contribution in [-0.4, -0.2) is 69.6 Å². The molecule has 7 heteroatoms. The lowest BCUT2D eigenvalue weighted by atomic mass is 10.2. The molecule has 1 aliphatic rings. The van der Waals surface area contributed by atoms with Crippen LogP contribution in [0.2, 0.25) is 0 Å². The van der Waals surface area contributed by atoms with Crippen LogP contribution < -0.4 is 9.80 Å². The molecule has 0 atom stereocenters. The Balaban J connectivity index is 1.30. The lowest BCUT2D eigenvalue weighted by Gasteiger charge is -2.36. The van der Waals surface area contributed by atoms with Gasteiger partial charge in [-0.25, -0.2) is 9.97 Å². The van der Waals surface area contributed by atoms with Gasteiger partial charge in [0.1, 0.15) is 22.9 Å². The summed E-state index contributed by atoms with van der Waals surface area (Å²) >= 11 is 0. The Morgan fingerprint density at radius 1 is 0.903 bits per heavy atom. The van der Waals surface area contributed by atoms with Gasteiger partial charge in [0, 0.05) is 63.2 Å². The number of anilines is 2. The van der Waals surface area contributed by atoms with Crippen molar-refractivity contribution >= 4 is 28.3 Å². The number of fused-ring (bicyclic) bond motifs is 2. The minimum absolute atomic E-state index is 0.962. The van der Waals surface area contributed by atoms with Crippen molar-refractivity contribution in [1.82, 2.24) is 23.8 Å². The maximum atomic E-state index is 5.06. The summed E-state index contributed by atoms with van der Waals surface area (Å²) in [5, 5.41) is 1.22. The molecule has 0 radical (unpaired) electrons. The SMILES string of the molecule is CCN(CC)CCn1ccc2ccc(N3CCN(c4cccc5nccn45)CC3)nc21. The molecule has 0 aliphatic carbocycles. The number of hydrogen-bond acceptors (Lipinski definition) is 5. The molecule has 0 N–H and O–H groups in total. The molecule has 0 bridgehead atoms. The molecule has 0 amide bonds. The maximum Gasteiger partial charge on any atom is 0.142 e. The third kappa shape index (κ3) is 3.85. The first-order chi connectivity index (χ1) is 15.3. The molecule has 4 aromatic rings. The van der Waals surface area contributed by atoms with Crippen LogP contribution in [0.25, 0.3) is 16.7 Å². The average Bonchev–Trinajstić information content (AvgIpc) is 3.46. The number of piperazine rings is 1. The zero-order valence-electron chi connectivity index (χ0n) is 18.5. The highest BCUT2D eigenvalue weighted by molar-refractivity contribution is 5.78. The standard InChI is InChI=1S/C24H31N7/c1-3-27(4-2)14-15-30-12-10-20-8-9-22(26-24(20)30)28-16-18-29(19-17-28)23-7-5-6-21-25-11-13-31(21)23/h5-13H,3-4,14-19H2,1-2H3. The lowest BCUT2D eigenvalue weighted by Crippen LogP contribution is -2.47. The van der Waals surface area contributed by atoms with E-state index < -0.39 is 0 Å². The highest BCUT2D eigenvalue weighted by Gasteiger charge is 2.20. The molecule has 162 valence electrons. The molecule has 0 unspecified atom stereocenters. The quantitative estimate of drug-likeness (QED) is 0.461. The summed E-state index contributed by atoms with van der Waals surface area (Å²) < 4.78 is 4.47. The van der Waals surface area contributed by atoms with Crippen molar-refractivity contribution in [1.29, 1.82) is 0 Å². The Labute approximate surface area is 183 Å². The number of imidazole rings is 1. The molecule has 7 nitrogen and oxygen atoms in total. The van der Waals surface area contributed by atoms with E-state index in [-0.39, 0.29) is 0 Å². The minimum Gasteiger partial charge on any atom is -0.354 e. The predicted molar refractivity (Wildman–Crippen MR) is 127 cm³/mol. The van der Waals surface area contributed by atoms with Gasteiger partial charge in [0.05, 0.1) is 0 Å². The Morgan fingerprint density at radius 3 is 2.52 bits per heavy atom. The minimum atomic E-state index is 0.962. The van der Waals surface area contributed by atoms with Crippen molar-refractivity contribution in [3.05, 3.63) is 55.0 Å². The highest BCUT2D eigenvalue weighted by Crippen LogP contribution is 2.23. The number of likely N-dealkylation sites (N-methyl/N-ethyl adjacent to an activating group) is 1. The molecule has 0 saturated carbocycles. The lowest BCUT2D eigenvalue weighted by molar-refractivity contribution is 0.292. The molecule has 1 fully saturated rings. The number of hydrogen-bond donors (Lipinski definition) is 0. The van der Waals surface area contributed by atoms with Crippen molar-refractivity contribution in [3.63, 3.8) is 0 Å². The van der Waals surface area contributed by atoms with Crippen LogP contribution in [0.1, 0.15) is 13.8 Å². The van der Waals surface area contributed by atoms with Crippen LogP contribution in [0.5, 0.6) is 0 Å². The van der Waals surface area contributed by atoms with Gasteiger partial charge in [0.25, 0.3) is 0 Å².